The van der Waals surface area contributed by atoms with Gasteiger partial charge in [-0.15, -0.1) is 0 Å². The minimum atomic E-state index is -0.924. The molecule has 0 radical (unpaired) electrons. The molecule has 1 fully saturated rings. The number of fused-ring (bicyclic) bond motifs is 1. The number of carboxylic acids is 1. The van der Waals surface area contributed by atoms with E-state index in [1.807, 2.05) is 0 Å². The molecule has 4 atom stereocenters. The zero-order chi connectivity index (χ0) is 19.5. The van der Waals surface area contributed by atoms with Crippen molar-refractivity contribution in [2.45, 2.75) is 59.7 Å². The summed E-state index contributed by atoms with van der Waals surface area (Å²) in [4.78, 5) is 40.1. The fourth-order valence-corrected chi connectivity index (χ4v) is 4.58. The van der Waals surface area contributed by atoms with Gasteiger partial charge in [-0.2, -0.15) is 0 Å². The van der Waals surface area contributed by atoms with Crippen LogP contribution >= 0.6 is 0 Å². The van der Waals surface area contributed by atoms with E-state index in [4.69, 9.17) is 9.57 Å². The van der Waals surface area contributed by atoms with Crippen molar-refractivity contribution in [3.05, 3.63) is 12.2 Å². The van der Waals surface area contributed by atoms with E-state index in [9.17, 15) is 19.5 Å². The average molecular weight is 367 g/mol. The molecular weight excluding hydrogens is 338 g/mol. The minimum Gasteiger partial charge on any atom is -0.481 e. The van der Waals surface area contributed by atoms with Gasteiger partial charge in [0, 0.05) is 12.3 Å². The summed E-state index contributed by atoms with van der Waals surface area (Å²) >= 11 is 0. The third kappa shape index (κ3) is 3.92. The van der Waals surface area contributed by atoms with Gasteiger partial charge in [-0.3, -0.25) is 14.4 Å². The molecule has 7 nitrogen and oxygen atoms in total. The van der Waals surface area contributed by atoms with Gasteiger partial charge < -0.3 is 9.84 Å². The molecular formula is C19H29NO6. The van der Waals surface area contributed by atoms with Crippen molar-refractivity contribution in [1.82, 2.24) is 5.06 Å². The predicted octanol–water partition coefficient (Wildman–Crippen LogP) is 2.76. The maximum Gasteiger partial charge on any atom is 0.310 e. The molecule has 2 rings (SSSR count). The Kier molecular flexibility index (Phi) is 6.11. The quantitative estimate of drug-likeness (QED) is 0.210. The monoisotopic (exact) mass is 367 g/mol. The standard InChI is InChI=1S/C19H29NO6/c1-5-18-8-6-7-15(18)19(10-18,9-16(22)23)11-20(12-21)26-14(4)25-17(24)13(2)3/h6-7,12-15H,5,8-11H2,1-4H3,(H,22,23)/t14-,15+,18-,19+/m0/s1. The lowest BCUT2D eigenvalue weighted by Gasteiger charge is -2.60. The Balaban J connectivity index is 2.07. The molecule has 0 bridgehead atoms. The Labute approximate surface area is 154 Å². The first-order valence-corrected chi connectivity index (χ1v) is 9.16. The second kappa shape index (κ2) is 7.78. The van der Waals surface area contributed by atoms with Crippen LogP contribution in [-0.2, 0) is 24.0 Å². The third-order valence-electron chi connectivity index (χ3n) is 5.71. The Morgan fingerprint density at radius 3 is 2.62 bits per heavy atom. The maximum absolute atomic E-state index is 11.7. The number of esters is 1. The zero-order valence-corrected chi connectivity index (χ0v) is 15.9. The van der Waals surface area contributed by atoms with E-state index >= 15 is 0 Å². The van der Waals surface area contributed by atoms with E-state index in [0.29, 0.717) is 6.41 Å². The normalized spacial score (nSPS) is 30.4. The van der Waals surface area contributed by atoms with Crippen molar-refractivity contribution in [2.75, 3.05) is 6.54 Å². The lowest BCUT2D eigenvalue weighted by atomic mass is 9.44. The first kappa shape index (κ1) is 20.4. The molecule has 26 heavy (non-hydrogen) atoms. The van der Waals surface area contributed by atoms with Crippen molar-refractivity contribution in [2.24, 2.45) is 22.7 Å². The van der Waals surface area contributed by atoms with Gasteiger partial charge >= 0.3 is 11.9 Å². The van der Waals surface area contributed by atoms with E-state index in [1.54, 1.807) is 13.8 Å². The number of ether oxygens (including phenoxy) is 1. The van der Waals surface area contributed by atoms with E-state index in [-0.39, 0.29) is 30.2 Å². The number of rotatable bonds is 10. The summed E-state index contributed by atoms with van der Waals surface area (Å²) in [5.41, 5.74) is -0.461. The summed E-state index contributed by atoms with van der Waals surface area (Å²) in [6.07, 6.45) is 6.40. The van der Waals surface area contributed by atoms with Crippen LogP contribution in [0.3, 0.4) is 0 Å². The van der Waals surface area contributed by atoms with Crippen LogP contribution in [0.15, 0.2) is 12.2 Å². The van der Waals surface area contributed by atoms with Gasteiger partial charge in [0.25, 0.3) is 0 Å². The molecule has 0 aromatic rings. The lowest BCUT2D eigenvalue weighted by Crippen LogP contribution is -2.59. The van der Waals surface area contributed by atoms with Crippen molar-refractivity contribution in [1.29, 1.82) is 0 Å². The predicted molar refractivity (Wildman–Crippen MR) is 93.5 cm³/mol. The molecule has 0 unspecified atom stereocenters. The minimum absolute atomic E-state index is 0.0301. The van der Waals surface area contributed by atoms with Crippen molar-refractivity contribution < 1.29 is 29.1 Å². The SMILES string of the molecule is CC[C@@]12CC=C[C@H]1[C@@](CC(=O)O)(CN(C=O)O[C@@H](C)OC(=O)C(C)C)C2. The molecule has 2 aliphatic carbocycles. The summed E-state index contributed by atoms with van der Waals surface area (Å²) in [6, 6.07) is 0. The van der Waals surface area contributed by atoms with Crippen LogP contribution in [0.1, 0.15) is 53.4 Å². The highest BCUT2D eigenvalue weighted by atomic mass is 16.8. The first-order valence-electron chi connectivity index (χ1n) is 9.16. The summed E-state index contributed by atoms with van der Waals surface area (Å²) in [5.74, 6) is -1.50. The van der Waals surface area contributed by atoms with Crippen LogP contribution in [0.2, 0.25) is 0 Å². The molecule has 146 valence electrons. The molecule has 1 saturated carbocycles. The summed E-state index contributed by atoms with van der Waals surface area (Å²) in [6.45, 7) is 7.22. The van der Waals surface area contributed by atoms with Crippen LogP contribution < -0.4 is 0 Å². The van der Waals surface area contributed by atoms with E-state index in [0.717, 1.165) is 24.3 Å². The summed E-state index contributed by atoms with van der Waals surface area (Å²) < 4.78 is 5.13. The highest BCUT2D eigenvalue weighted by Crippen LogP contribution is 2.67. The molecule has 0 saturated heterocycles. The zero-order valence-electron chi connectivity index (χ0n) is 15.9. The number of aliphatic carboxylic acids is 1. The van der Waals surface area contributed by atoms with Gasteiger partial charge in [0.05, 0.1) is 18.9 Å². The Morgan fingerprint density at radius 1 is 1.38 bits per heavy atom. The molecule has 0 aromatic carbocycles. The number of hydrogen-bond acceptors (Lipinski definition) is 5. The van der Waals surface area contributed by atoms with Crippen LogP contribution in [-0.4, -0.2) is 41.4 Å². The topological polar surface area (TPSA) is 93.1 Å². The molecule has 0 heterocycles. The van der Waals surface area contributed by atoms with Gasteiger partial charge in [0.2, 0.25) is 12.7 Å². The molecule has 7 heteroatoms. The fourth-order valence-electron chi connectivity index (χ4n) is 4.58. The van der Waals surface area contributed by atoms with Gasteiger partial charge in [-0.05, 0) is 30.6 Å². The average Bonchev–Trinajstić information content (AvgIpc) is 2.91. The molecule has 0 aromatic heterocycles. The van der Waals surface area contributed by atoms with Crippen molar-refractivity contribution >= 4 is 18.3 Å². The summed E-state index contributed by atoms with van der Waals surface area (Å²) in [7, 11) is 0. The summed E-state index contributed by atoms with van der Waals surface area (Å²) in [5, 5.41) is 10.5. The largest absolute Gasteiger partial charge is 0.481 e. The Hall–Kier alpha value is -1.89. The number of amides is 1. The lowest BCUT2D eigenvalue weighted by molar-refractivity contribution is -0.271. The van der Waals surface area contributed by atoms with E-state index < -0.39 is 23.6 Å². The first-order chi connectivity index (χ1) is 12.2. The number of hydroxylamine groups is 2. The molecule has 1 N–H and O–H groups in total. The molecule has 0 spiro atoms. The van der Waals surface area contributed by atoms with Crippen LogP contribution in [0.4, 0.5) is 0 Å². The number of carbonyl (C=O) groups excluding carboxylic acids is 2. The fraction of sp³-hybridized carbons (Fsp3) is 0.737. The van der Waals surface area contributed by atoms with Crippen molar-refractivity contribution in [3.63, 3.8) is 0 Å². The smallest absolute Gasteiger partial charge is 0.310 e. The second-order valence-corrected chi connectivity index (χ2v) is 7.88. The maximum atomic E-state index is 11.7. The second-order valence-electron chi connectivity index (χ2n) is 7.88. The van der Waals surface area contributed by atoms with Crippen LogP contribution in [0.25, 0.3) is 0 Å². The molecule has 0 aliphatic heterocycles. The Bertz CT molecular complexity index is 589. The van der Waals surface area contributed by atoms with Gasteiger partial charge in [0.15, 0.2) is 0 Å². The van der Waals surface area contributed by atoms with Crippen LogP contribution in [0.5, 0.6) is 0 Å². The van der Waals surface area contributed by atoms with Crippen molar-refractivity contribution in [3.8, 4) is 0 Å². The number of nitrogens with zero attached hydrogens (tertiary/aromatic N) is 1. The highest BCUT2D eigenvalue weighted by molar-refractivity contribution is 5.71. The van der Waals surface area contributed by atoms with Gasteiger partial charge in [0.1, 0.15) is 0 Å². The number of carbonyl (C=O) groups is 3. The van der Waals surface area contributed by atoms with E-state index in [1.165, 1.54) is 6.92 Å². The van der Waals surface area contributed by atoms with Crippen LogP contribution in [0, 0.1) is 22.7 Å². The third-order valence-corrected chi connectivity index (χ3v) is 5.71. The number of hydrogen-bond donors (Lipinski definition) is 1. The highest BCUT2D eigenvalue weighted by Gasteiger charge is 2.63. The molecule has 2 aliphatic rings. The van der Waals surface area contributed by atoms with Gasteiger partial charge in [-0.1, -0.05) is 32.9 Å². The van der Waals surface area contributed by atoms with E-state index in [2.05, 4.69) is 19.1 Å². The van der Waals surface area contributed by atoms with Gasteiger partial charge in [-0.25, -0.2) is 9.90 Å². The molecule has 1 amide bonds. The Morgan fingerprint density at radius 2 is 2.08 bits per heavy atom. The number of carboxylic acid groups (broad SMARTS) is 1. The number of allylic oxidation sites excluding steroid dienone is 2.